The van der Waals surface area contributed by atoms with E-state index in [-0.39, 0.29) is 18.2 Å². The van der Waals surface area contributed by atoms with E-state index < -0.39 is 0 Å². The largest absolute Gasteiger partial charge is 0.507 e. The van der Waals surface area contributed by atoms with Crippen LogP contribution in [-0.4, -0.2) is 5.11 Å². The topological polar surface area (TPSA) is 46.2 Å². The molecule has 0 unspecified atom stereocenters. The maximum absolute atomic E-state index is 8.91. The van der Waals surface area contributed by atoms with E-state index in [1.165, 1.54) is 6.07 Å². The molecule has 0 saturated heterocycles. The van der Waals surface area contributed by atoms with Crippen molar-refractivity contribution < 1.29 is 5.11 Å². The van der Waals surface area contributed by atoms with Crippen LogP contribution in [0.15, 0.2) is 23.1 Å². The molecule has 4 heteroatoms. The van der Waals surface area contributed by atoms with Crippen LogP contribution in [0.25, 0.3) is 0 Å². The predicted molar refractivity (Wildman–Crippen MR) is 47.0 cm³/mol. The van der Waals surface area contributed by atoms with Crippen molar-refractivity contribution in [1.82, 2.24) is 0 Å². The Morgan fingerprint density at radius 1 is 1.40 bits per heavy atom. The first-order valence-electron chi connectivity index (χ1n) is 2.47. The molecule has 0 heterocycles. The van der Waals surface area contributed by atoms with Crippen LogP contribution in [0.1, 0.15) is 0 Å². The lowest BCUT2D eigenvalue weighted by Gasteiger charge is -1.96. The minimum atomic E-state index is 0. The fraction of sp³-hybridized carbons (Fsp3) is 0. The molecular formula is C6H8ClNOS. The van der Waals surface area contributed by atoms with Gasteiger partial charge in [-0.05, 0) is 18.2 Å². The Bertz CT molecular complexity index is 229. The van der Waals surface area contributed by atoms with Crippen molar-refractivity contribution in [2.75, 3.05) is 5.73 Å². The smallest absolute Gasteiger partial charge is 0.129 e. The molecule has 1 aromatic rings. The zero-order valence-corrected chi connectivity index (χ0v) is 6.82. The molecule has 0 fully saturated rings. The number of nitrogens with two attached hydrogens (primary N) is 1. The van der Waals surface area contributed by atoms with E-state index >= 15 is 0 Å². The minimum Gasteiger partial charge on any atom is -0.507 e. The normalized spacial score (nSPS) is 8.50. The fourth-order valence-corrected chi connectivity index (χ4v) is 0.764. The summed E-state index contributed by atoms with van der Waals surface area (Å²) in [7, 11) is 0. The third-order valence-electron chi connectivity index (χ3n) is 0.999. The van der Waals surface area contributed by atoms with Gasteiger partial charge in [0.05, 0.1) is 0 Å². The molecular weight excluding hydrogens is 170 g/mol. The first-order valence-corrected chi connectivity index (χ1v) is 2.92. The van der Waals surface area contributed by atoms with Crippen LogP contribution >= 0.6 is 25.0 Å². The highest BCUT2D eigenvalue weighted by atomic mass is 35.5. The van der Waals surface area contributed by atoms with Crippen LogP contribution in [0.4, 0.5) is 5.69 Å². The molecule has 0 aromatic heterocycles. The van der Waals surface area contributed by atoms with Gasteiger partial charge >= 0.3 is 0 Å². The first kappa shape index (κ1) is 9.46. The zero-order chi connectivity index (χ0) is 6.85. The van der Waals surface area contributed by atoms with Crippen molar-refractivity contribution in [3.63, 3.8) is 0 Å². The molecule has 10 heavy (non-hydrogen) atoms. The molecule has 0 aliphatic rings. The summed E-state index contributed by atoms with van der Waals surface area (Å²) in [5, 5.41) is 8.91. The first-order chi connectivity index (χ1) is 4.20. The number of rotatable bonds is 0. The number of hydrogen-bond donors (Lipinski definition) is 3. The highest BCUT2D eigenvalue weighted by molar-refractivity contribution is 7.80. The number of phenolic OH excluding ortho intramolecular Hbond substituents is 1. The van der Waals surface area contributed by atoms with Crippen molar-refractivity contribution in [3.05, 3.63) is 18.2 Å². The van der Waals surface area contributed by atoms with E-state index in [4.69, 9.17) is 10.8 Å². The number of halogens is 1. The summed E-state index contributed by atoms with van der Waals surface area (Å²) in [6.07, 6.45) is 0. The van der Waals surface area contributed by atoms with Gasteiger partial charge in [0.15, 0.2) is 0 Å². The number of hydrogen-bond acceptors (Lipinski definition) is 3. The maximum atomic E-state index is 8.91. The number of aromatic hydroxyl groups is 1. The Hall–Kier alpha value is -0.540. The monoisotopic (exact) mass is 177 g/mol. The second kappa shape index (κ2) is 3.58. The molecule has 0 aliphatic heterocycles. The van der Waals surface area contributed by atoms with E-state index in [1.807, 2.05) is 0 Å². The second-order valence-electron chi connectivity index (χ2n) is 1.75. The predicted octanol–water partition coefficient (Wildman–Crippen LogP) is 1.68. The van der Waals surface area contributed by atoms with Gasteiger partial charge < -0.3 is 10.8 Å². The molecule has 0 bridgehead atoms. The Labute approximate surface area is 70.9 Å². The maximum Gasteiger partial charge on any atom is 0.129 e. The van der Waals surface area contributed by atoms with Gasteiger partial charge in [0.1, 0.15) is 5.75 Å². The number of phenols is 1. The van der Waals surface area contributed by atoms with Gasteiger partial charge in [-0.25, -0.2) is 0 Å². The third kappa shape index (κ3) is 2.01. The standard InChI is InChI=1S/C6H7NOS.ClH/c7-4-1-2-5(8)6(9)3-4;/h1-3,8-9H,7H2;1H. The molecule has 0 radical (unpaired) electrons. The van der Waals surface area contributed by atoms with Crippen molar-refractivity contribution in [2.24, 2.45) is 0 Å². The molecule has 56 valence electrons. The highest BCUT2D eigenvalue weighted by Gasteiger charge is 1.93. The number of benzene rings is 1. The van der Waals surface area contributed by atoms with Crippen LogP contribution in [0.5, 0.6) is 5.75 Å². The lowest BCUT2D eigenvalue weighted by molar-refractivity contribution is 0.463. The van der Waals surface area contributed by atoms with E-state index in [2.05, 4.69) is 12.6 Å². The highest BCUT2D eigenvalue weighted by Crippen LogP contribution is 2.22. The summed E-state index contributed by atoms with van der Waals surface area (Å²) in [6.45, 7) is 0. The molecule has 2 nitrogen and oxygen atoms in total. The number of thiol groups is 1. The number of anilines is 1. The molecule has 0 atom stereocenters. The summed E-state index contributed by atoms with van der Waals surface area (Å²) < 4.78 is 0. The molecule has 0 amide bonds. The van der Waals surface area contributed by atoms with Crippen LogP contribution in [0, 0.1) is 0 Å². The van der Waals surface area contributed by atoms with Gasteiger partial charge in [-0.3, -0.25) is 0 Å². The number of nitrogen functional groups attached to an aromatic ring is 1. The van der Waals surface area contributed by atoms with Gasteiger partial charge in [-0.2, -0.15) is 0 Å². The van der Waals surface area contributed by atoms with Gasteiger partial charge in [-0.15, -0.1) is 25.0 Å². The lowest BCUT2D eigenvalue weighted by atomic mass is 10.3. The van der Waals surface area contributed by atoms with Crippen LogP contribution in [0.2, 0.25) is 0 Å². The average molecular weight is 178 g/mol. The Morgan fingerprint density at radius 3 is 2.40 bits per heavy atom. The Kier molecular flexibility index (Phi) is 3.39. The van der Waals surface area contributed by atoms with Crippen molar-refractivity contribution >= 4 is 30.7 Å². The van der Waals surface area contributed by atoms with Crippen LogP contribution in [-0.2, 0) is 0 Å². The van der Waals surface area contributed by atoms with E-state index in [9.17, 15) is 0 Å². The van der Waals surface area contributed by atoms with Gasteiger partial charge in [-0.1, -0.05) is 0 Å². The van der Waals surface area contributed by atoms with E-state index in [0.29, 0.717) is 10.6 Å². The third-order valence-corrected chi connectivity index (χ3v) is 1.36. The van der Waals surface area contributed by atoms with Crippen LogP contribution in [0.3, 0.4) is 0 Å². The van der Waals surface area contributed by atoms with Crippen molar-refractivity contribution in [2.45, 2.75) is 4.90 Å². The summed E-state index contributed by atoms with van der Waals surface area (Å²) in [5.74, 6) is 0.160. The van der Waals surface area contributed by atoms with Crippen LogP contribution < -0.4 is 5.73 Å². The quantitative estimate of drug-likeness (QED) is 0.321. The second-order valence-corrected chi connectivity index (χ2v) is 2.23. The van der Waals surface area contributed by atoms with Gasteiger partial charge in [0, 0.05) is 10.6 Å². The summed E-state index contributed by atoms with van der Waals surface area (Å²) >= 11 is 3.94. The minimum absolute atomic E-state index is 0. The van der Waals surface area contributed by atoms with E-state index in [0.717, 1.165) is 0 Å². The molecule has 0 spiro atoms. The molecule has 0 saturated carbocycles. The summed E-state index contributed by atoms with van der Waals surface area (Å²) in [4.78, 5) is 0.509. The SMILES string of the molecule is Cl.Nc1ccc(O)c(S)c1. The van der Waals surface area contributed by atoms with Gasteiger partial charge in [0.25, 0.3) is 0 Å². The summed E-state index contributed by atoms with van der Waals surface area (Å²) in [5.41, 5.74) is 5.98. The Balaban J connectivity index is 0.000000810. The van der Waals surface area contributed by atoms with E-state index in [1.54, 1.807) is 12.1 Å². The summed E-state index contributed by atoms with van der Waals surface area (Å²) in [6, 6.07) is 4.73. The van der Waals surface area contributed by atoms with Gasteiger partial charge in [0.2, 0.25) is 0 Å². The molecule has 0 aliphatic carbocycles. The molecule has 1 rings (SSSR count). The molecule has 3 N–H and O–H groups in total. The van der Waals surface area contributed by atoms with Crippen molar-refractivity contribution in [1.29, 1.82) is 0 Å². The molecule has 1 aromatic carbocycles. The fourth-order valence-electron chi connectivity index (χ4n) is 0.540. The zero-order valence-electron chi connectivity index (χ0n) is 5.11. The average Bonchev–Trinajstić information content (AvgIpc) is 1.80. The lowest BCUT2D eigenvalue weighted by Crippen LogP contribution is -1.82. The van der Waals surface area contributed by atoms with Crippen molar-refractivity contribution in [3.8, 4) is 5.75 Å². The Morgan fingerprint density at radius 2 is 2.00 bits per heavy atom.